The third-order valence-electron chi connectivity index (χ3n) is 1.85. The highest BCUT2D eigenvalue weighted by molar-refractivity contribution is 5.77. The van der Waals surface area contributed by atoms with Crippen LogP contribution in [0.2, 0.25) is 0 Å². The Morgan fingerprint density at radius 3 is 2.86 bits per heavy atom. The minimum Gasteiger partial charge on any atom is -0.438 e. The standard InChI is InChI=1S/C10H5FN2O/c11-8-1-2-9-6(4-8)3-7(5-12)10(13)14-9/h1-4,13H. The van der Waals surface area contributed by atoms with Crippen molar-refractivity contribution in [3.8, 4) is 6.07 Å². The molecule has 4 heteroatoms. The van der Waals surface area contributed by atoms with Crippen LogP contribution in [0.5, 0.6) is 0 Å². The van der Waals surface area contributed by atoms with Crippen molar-refractivity contribution in [1.29, 1.82) is 10.7 Å². The lowest BCUT2D eigenvalue weighted by molar-refractivity contribution is 0.529. The van der Waals surface area contributed by atoms with Gasteiger partial charge in [0.15, 0.2) is 0 Å². The molecule has 2 rings (SSSR count). The van der Waals surface area contributed by atoms with Crippen LogP contribution in [0.1, 0.15) is 5.56 Å². The van der Waals surface area contributed by atoms with E-state index in [0.717, 1.165) is 0 Å². The highest BCUT2D eigenvalue weighted by Crippen LogP contribution is 2.14. The fourth-order valence-electron chi connectivity index (χ4n) is 1.19. The fourth-order valence-corrected chi connectivity index (χ4v) is 1.19. The van der Waals surface area contributed by atoms with E-state index < -0.39 is 5.82 Å². The molecule has 2 aromatic rings. The molecule has 68 valence electrons. The van der Waals surface area contributed by atoms with Crippen molar-refractivity contribution in [3.05, 3.63) is 41.2 Å². The summed E-state index contributed by atoms with van der Waals surface area (Å²) in [5, 5.41) is 16.4. The largest absolute Gasteiger partial charge is 0.438 e. The minimum atomic E-state index is -0.394. The van der Waals surface area contributed by atoms with Crippen molar-refractivity contribution < 1.29 is 8.81 Å². The molecule has 1 heterocycles. The summed E-state index contributed by atoms with van der Waals surface area (Å²) in [6.45, 7) is 0. The summed E-state index contributed by atoms with van der Waals surface area (Å²) < 4.78 is 17.8. The van der Waals surface area contributed by atoms with Gasteiger partial charge in [-0.2, -0.15) is 5.26 Å². The Balaban J connectivity index is 2.89. The molecule has 1 aromatic carbocycles. The van der Waals surface area contributed by atoms with Gasteiger partial charge >= 0.3 is 0 Å². The van der Waals surface area contributed by atoms with E-state index in [2.05, 4.69) is 0 Å². The first kappa shape index (κ1) is 8.45. The molecule has 3 nitrogen and oxygen atoms in total. The summed E-state index contributed by atoms with van der Waals surface area (Å²) in [6.07, 6.45) is 0. The maximum Gasteiger partial charge on any atom is 0.229 e. The Morgan fingerprint density at radius 2 is 2.14 bits per heavy atom. The van der Waals surface area contributed by atoms with Crippen LogP contribution in [-0.4, -0.2) is 0 Å². The third-order valence-corrected chi connectivity index (χ3v) is 1.85. The van der Waals surface area contributed by atoms with Gasteiger partial charge in [0.2, 0.25) is 5.55 Å². The number of hydrogen-bond acceptors (Lipinski definition) is 3. The van der Waals surface area contributed by atoms with Crippen molar-refractivity contribution in [1.82, 2.24) is 0 Å². The molecule has 0 aliphatic rings. The number of nitriles is 1. The lowest BCUT2D eigenvalue weighted by atomic mass is 10.2. The lowest BCUT2D eigenvalue weighted by Gasteiger charge is -1.97. The van der Waals surface area contributed by atoms with E-state index in [4.69, 9.17) is 15.1 Å². The van der Waals surface area contributed by atoms with Crippen LogP contribution in [0.25, 0.3) is 11.0 Å². The molecule has 0 aliphatic heterocycles. The van der Waals surface area contributed by atoms with Gasteiger partial charge in [0.05, 0.1) is 0 Å². The third kappa shape index (κ3) is 1.25. The van der Waals surface area contributed by atoms with Crippen LogP contribution in [-0.2, 0) is 0 Å². The zero-order valence-electron chi connectivity index (χ0n) is 7.04. The summed E-state index contributed by atoms with van der Waals surface area (Å²) in [7, 11) is 0. The van der Waals surface area contributed by atoms with Crippen LogP contribution < -0.4 is 5.55 Å². The van der Waals surface area contributed by atoms with Gasteiger partial charge in [-0.3, -0.25) is 5.41 Å². The van der Waals surface area contributed by atoms with Crippen molar-refractivity contribution in [2.75, 3.05) is 0 Å². The number of nitrogens with one attached hydrogen (secondary N) is 1. The van der Waals surface area contributed by atoms with Crippen molar-refractivity contribution in [2.24, 2.45) is 0 Å². The second-order valence-corrected chi connectivity index (χ2v) is 2.78. The average molecular weight is 188 g/mol. The van der Waals surface area contributed by atoms with Gasteiger partial charge in [0.1, 0.15) is 23.0 Å². The summed E-state index contributed by atoms with van der Waals surface area (Å²) in [6, 6.07) is 7.18. The monoisotopic (exact) mass is 188 g/mol. The SMILES string of the molecule is N#Cc1cc2cc(F)ccc2oc1=N. The highest BCUT2D eigenvalue weighted by atomic mass is 19.1. The molecular formula is C10H5FN2O. The molecule has 1 aromatic heterocycles. The molecule has 0 bridgehead atoms. The van der Waals surface area contributed by atoms with Crippen molar-refractivity contribution >= 4 is 11.0 Å². The van der Waals surface area contributed by atoms with E-state index in [1.165, 1.54) is 24.3 Å². The second-order valence-electron chi connectivity index (χ2n) is 2.78. The fraction of sp³-hybridized carbons (Fsp3) is 0. The smallest absolute Gasteiger partial charge is 0.229 e. The summed E-state index contributed by atoms with van der Waals surface area (Å²) in [4.78, 5) is 0. The van der Waals surface area contributed by atoms with E-state index in [0.29, 0.717) is 11.0 Å². The topological polar surface area (TPSA) is 60.8 Å². The summed E-state index contributed by atoms with van der Waals surface area (Å²) in [5.74, 6) is -0.394. The number of halogens is 1. The van der Waals surface area contributed by atoms with Crippen LogP contribution in [0.15, 0.2) is 28.7 Å². The number of hydrogen-bond donors (Lipinski definition) is 1. The zero-order valence-corrected chi connectivity index (χ0v) is 7.04. The molecule has 1 N–H and O–H groups in total. The first-order valence-corrected chi connectivity index (χ1v) is 3.89. The molecule has 0 saturated heterocycles. The van der Waals surface area contributed by atoms with E-state index in [9.17, 15) is 4.39 Å². The molecule has 0 fully saturated rings. The molecule has 0 spiro atoms. The lowest BCUT2D eigenvalue weighted by Crippen LogP contribution is -2.03. The van der Waals surface area contributed by atoms with Crippen molar-refractivity contribution in [3.63, 3.8) is 0 Å². The number of fused-ring (bicyclic) bond motifs is 1. The molecule has 0 aliphatic carbocycles. The van der Waals surface area contributed by atoms with Crippen LogP contribution >= 0.6 is 0 Å². The second kappa shape index (κ2) is 2.96. The van der Waals surface area contributed by atoms with Gasteiger partial charge in [0.25, 0.3) is 0 Å². The molecule has 0 atom stereocenters. The van der Waals surface area contributed by atoms with E-state index in [-0.39, 0.29) is 11.1 Å². The maximum atomic E-state index is 12.8. The highest BCUT2D eigenvalue weighted by Gasteiger charge is 2.02. The average Bonchev–Trinajstić information content (AvgIpc) is 2.17. The molecule has 14 heavy (non-hydrogen) atoms. The van der Waals surface area contributed by atoms with E-state index in [1.54, 1.807) is 6.07 Å². The zero-order chi connectivity index (χ0) is 10.1. The van der Waals surface area contributed by atoms with Gasteiger partial charge < -0.3 is 4.42 Å². The first-order valence-electron chi connectivity index (χ1n) is 3.89. The predicted molar refractivity (Wildman–Crippen MR) is 46.7 cm³/mol. The summed E-state index contributed by atoms with van der Waals surface area (Å²) >= 11 is 0. The van der Waals surface area contributed by atoms with E-state index >= 15 is 0 Å². The number of nitrogens with zero attached hydrogens (tertiary/aromatic N) is 1. The summed E-state index contributed by atoms with van der Waals surface area (Å²) in [5.41, 5.74) is 0.296. The molecule has 0 unspecified atom stereocenters. The molecule has 0 radical (unpaired) electrons. The first-order chi connectivity index (χ1) is 6.70. The van der Waals surface area contributed by atoms with Gasteiger partial charge in [-0.05, 0) is 24.3 Å². The predicted octanol–water partition coefficient (Wildman–Crippen LogP) is 1.92. The Hall–Kier alpha value is -2.15. The Morgan fingerprint density at radius 1 is 1.36 bits per heavy atom. The van der Waals surface area contributed by atoms with E-state index in [1.807, 2.05) is 0 Å². The maximum absolute atomic E-state index is 12.8. The molecule has 0 saturated carbocycles. The van der Waals surface area contributed by atoms with Crippen molar-refractivity contribution in [2.45, 2.75) is 0 Å². The van der Waals surface area contributed by atoms with Crippen LogP contribution in [0.3, 0.4) is 0 Å². The molecular weight excluding hydrogens is 183 g/mol. The van der Waals surface area contributed by atoms with Crippen LogP contribution in [0, 0.1) is 22.6 Å². The minimum absolute atomic E-state index is 0.100. The Kier molecular flexibility index (Phi) is 1.79. The Bertz CT molecular complexity index is 595. The molecule has 0 amide bonds. The number of benzene rings is 1. The van der Waals surface area contributed by atoms with Crippen LogP contribution in [0.4, 0.5) is 4.39 Å². The van der Waals surface area contributed by atoms with Gasteiger partial charge in [0, 0.05) is 5.39 Å². The normalized spacial score (nSPS) is 10.0. The number of rotatable bonds is 0. The van der Waals surface area contributed by atoms with Gasteiger partial charge in [-0.15, -0.1) is 0 Å². The Labute approximate surface area is 78.5 Å². The van der Waals surface area contributed by atoms with Gasteiger partial charge in [-0.25, -0.2) is 4.39 Å². The van der Waals surface area contributed by atoms with Gasteiger partial charge in [-0.1, -0.05) is 0 Å². The quantitative estimate of drug-likeness (QED) is 0.686.